The summed E-state index contributed by atoms with van der Waals surface area (Å²) in [6.45, 7) is 7.52. The van der Waals surface area contributed by atoms with Crippen LogP contribution in [0.5, 0.6) is 11.5 Å². The first-order chi connectivity index (χ1) is 13.1. The van der Waals surface area contributed by atoms with Crippen molar-refractivity contribution in [2.45, 2.75) is 39.5 Å². The van der Waals surface area contributed by atoms with Crippen LogP contribution in [-0.4, -0.2) is 25.0 Å². The summed E-state index contributed by atoms with van der Waals surface area (Å²) in [6.07, 6.45) is 0.243. The summed E-state index contributed by atoms with van der Waals surface area (Å²) in [7, 11) is 1.30. The SMILES string of the molecule is COC(=O)c1ccc(OC(=O)c2c(C)cc3c(c2C)C(C)(C)CC(=O)O3)cc1. The van der Waals surface area contributed by atoms with E-state index in [0.717, 1.165) is 11.1 Å². The molecule has 0 aliphatic carbocycles. The zero-order valence-electron chi connectivity index (χ0n) is 16.5. The summed E-state index contributed by atoms with van der Waals surface area (Å²) < 4.78 is 15.6. The topological polar surface area (TPSA) is 78.9 Å². The highest BCUT2D eigenvalue weighted by atomic mass is 16.5. The molecule has 0 radical (unpaired) electrons. The normalized spacial score (nSPS) is 14.7. The lowest BCUT2D eigenvalue weighted by Crippen LogP contribution is -2.32. The number of fused-ring (bicyclic) bond motifs is 1. The van der Waals surface area contributed by atoms with E-state index in [9.17, 15) is 14.4 Å². The fraction of sp³-hybridized carbons (Fsp3) is 0.318. The highest BCUT2D eigenvalue weighted by molar-refractivity contribution is 5.96. The number of carbonyl (C=O) groups is 3. The van der Waals surface area contributed by atoms with Crippen LogP contribution in [0.1, 0.15) is 57.7 Å². The average Bonchev–Trinajstić information content (AvgIpc) is 2.59. The molecule has 0 N–H and O–H groups in total. The first kappa shape index (κ1) is 19.6. The smallest absolute Gasteiger partial charge is 0.344 e. The second kappa shape index (κ2) is 7.11. The van der Waals surface area contributed by atoms with Gasteiger partial charge >= 0.3 is 17.9 Å². The minimum atomic E-state index is -0.503. The number of benzene rings is 2. The lowest BCUT2D eigenvalue weighted by molar-refractivity contribution is -0.136. The summed E-state index contributed by atoms with van der Waals surface area (Å²) in [4.78, 5) is 36.3. The second-order valence-corrected chi connectivity index (χ2v) is 7.51. The zero-order valence-corrected chi connectivity index (χ0v) is 16.5. The molecule has 0 unspecified atom stereocenters. The monoisotopic (exact) mass is 382 g/mol. The van der Waals surface area contributed by atoms with E-state index in [2.05, 4.69) is 4.74 Å². The molecule has 0 aromatic heterocycles. The maximum atomic E-state index is 12.9. The van der Waals surface area contributed by atoms with Gasteiger partial charge in [0, 0.05) is 11.0 Å². The van der Waals surface area contributed by atoms with Gasteiger partial charge in [-0.15, -0.1) is 0 Å². The third-order valence-corrected chi connectivity index (χ3v) is 4.92. The Labute approximate surface area is 163 Å². The quantitative estimate of drug-likeness (QED) is 0.592. The molecule has 0 saturated heterocycles. The van der Waals surface area contributed by atoms with Gasteiger partial charge in [0.15, 0.2) is 0 Å². The number of carbonyl (C=O) groups excluding carboxylic acids is 3. The van der Waals surface area contributed by atoms with Crippen LogP contribution in [-0.2, 0) is 14.9 Å². The molecular formula is C22H22O6. The molecule has 6 heteroatoms. The summed E-state index contributed by atoms with van der Waals surface area (Å²) in [6, 6.07) is 7.85. The van der Waals surface area contributed by atoms with E-state index < -0.39 is 17.4 Å². The molecule has 146 valence electrons. The van der Waals surface area contributed by atoms with Crippen molar-refractivity contribution in [2.75, 3.05) is 7.11 Å². The molecule has 0 bridgehead atoms. The van der Waals surface area contributed by atoms with Crippen molar-refractivity contribution >= 4 is 17.9 Å². The van der Waals surface area contributed by atoms with Crippen molar-refractivity contribution in [1.29, 1.82) is 0 Å². The van der Waals surface area contributed by atoms with Crippen molar-refractivity contribution in [3.8, 4) is 11.5 Å². The van der Waals surface area contributed by atoms with Crippen LogP contribution < -0.4 is 9.47 Å². The fourth-order valence-electron chi connectivity index (χ4n) is 3.73. The lowest BCUT2D eigenvalue weighted by Gasteiger charge is -2.33. The lowest BCUT2D eigenvalue weighted by atomic mass is 9.75. The Kier molecular flexibility index (Phi) is 4.98. The van der Waals surface area contributed by atoms with Crippen molar-refractivity contribution in [1.82, 2.24) is 0 Å². The Morgan fingerprint density at radius 1 is 1.07 bits per heavy atom. The van der Waals surface area contributed by atoms with E-state index in [1.807, 2.05) is 20.8 Å². The van der Waals surface area contributed by atoms with Gasteiger partial charge in [-0.2, -0.15) is 0 Å². The Bertz CT molecular complexity index is 970. The first-order valence-electron chi connectivity index (χ1n) is 8.90. The predicted molar refractivity (Wildman–Crippen MR) is 102 cm³/mol. The van der Waals surface area contributed by atoms with E-state index in [1.165, 1.54) is 19.2 Å². The highest BCUT2D eigenvalue weighted by Gasteiger charge is 2.37. The van der Waals surface area contributed by atoms with Crippen LogP contribution in [0, 0.1) is 13.8 Å². The van der Waals surface area contributed by atoms with Gasteiger partial charge in [0.05, 0.1) is 24.7 Å². The van der Waals surface area contributed by atoms with Gasteiger partial charge in [-0.3, -0.25) is 4.79 Å². The van der Waals surface area contributed by atoms with Gasteiger partial charge in [0.2, 0.25) is 0 Å². The standard InChI is InChI=1S/C22H22O6/c1-12-10-16-19(22(3,4)11-17(23)28-16)13(2)18(12)21(25)27-15-8-6-14(7-9-15)20(24)26-5/h6-10H,11H2,1-5H3. The molecular weight excluding hydrogens is 360 g/mol. The number of ether oxygens (including phenoxy) is 3. The number of hydrogen-bond acceptors (Lipinski definition) is 6. The number of esters is 3. The maximum Gasteiger partial charge on any atom is 0.344 e. The first-order valence-corrected chi connectivity index (χ1v) is 8.90. The molecule has 3 rings (SSSR count). The summed E-state index contributed by atoms with van der Waals surface area (Å²) >= 11 is 0. The van der Waals surface area contributed by atoms with Gasteiger partial charge in [0.1, 0.15) is 11.5 Å². The maximum absolute atomic E-state index is 12.9. The zero-order chi connectivity index (χ0) is 20.6. The summed E-state index contributed by atoms with van der Waals surface area (Å²) in [5.74, 6) is -0.431. The van der Waals surface area contributed by atoms with E-state index in [1.54, 1.807) is 25.1 Å². The Balaban J connectivity index is 1.95. The average molecular weight is 382 g/mol. The predicted octanol–water partition coefficient (Wildman–Crippen LogP) is 3.90. The molecule has 1 aliphatic heterocycles. The molecule has 2 aromatic carbocycles. The van der Waals surface area contributed by atoms with Crippen molar-refractivity contribution < 1.29 is 28.6 Å². The van der Waals surface area contributed by atoms with Crippen LogP contribution in [0.15, 0.2) is 30.3 Å². The molecule has 0 atom stereocenters. The minimum Gasteiger partial charge on any atom is -0.465 e. The molecule has 0 spiro atoms. The number of aryl methyl sites for hydroxylation is 1. The fourth-order valence-corrected chi connectivity index (χ4v) is 3.73. The third-order valence-electron chi connectivity index (χ3n) is 4.92. The van der Waals surface area contributed by atoms with E-state index in [4.69, 9.17) is 9.47 Å². The van der Waals surface area contributed by atoms with Crippen LogP contribution in [0.25, 0.3) is 0 Å². The number of rotatable bonds is 3. The van der Waals surface area contributed by atoms with Crippen LogP contribution in [0.4, 0.5) is 0 Å². The van der Waals surface area contributed by atoms with Crippen molar-refractivity contribution in [3.63, 3.8) is 0 Å². The molecule has 28 heavy (non-hydrogen) atoms. The highest BCUT2D eigenvalue weighted by Crippen LogP contribution is 2.43. The molecule has 2 aromatic rings. The van der Waals surface area contributed by atoms with Gasteiger partial charge in [0.25, 0.3) is 0 Å². The Hall–Kier alpha value is -3.15. The third kappa shape index (κ3) is 3.50. The molecule has 0 amide bonds. The Morgan fingerprint density at radius 2 is 1.71 bits per heavy atom. The number of hydrogen-bond donors (Lipinski definition) is 0. The largest absolute Gasteiger partial charge is 0.465 e. The van der Waals surface area contributed by atoms with E-state index >= 15 is 0 Å². The van der Waals surface area contributed by atoms with E-state index in [0.29, 0.717) is 28.2 Å². The summed E-state index contributed by atoms with van der Waals surface area (Å²) in [5, 5.41) is 0. The van der Waals surface area contributed by atoms with Crippen molar-refractivity contribution in [3.05, 3.63) is 58.1 Å². The van der Waals surface area contributed by atoms with Gasteiger partial charge < -0.3 is 14.2 Å². The molecule has 1 aliphatic rings. The van der Waals surface area contributed by atoms with Gasteiger partial charge in [-0.25, -0.2) is 9.59 Å². The minimum absolute atomic E-state index is 0.243. The van der Waals surface area contributed by atoms with E-state index in [-0.39, 0.29) is 12.4 Å². The van der Waals surface area contributed by atoms with Gasteiger partial charge in [-0.1, -0.05) is 13.8 Å². The molecule has 0 fully saturated rings. The second-order valence-electron chi connectivity index (χ2n) is 7.51. The number of methoxy groups -OCH3 is 1. The molecule has 6 nitrogen and oxygen atoms in total. The molecule has 0 saturated carbocycles. The van der Waals surface area contributed by atoms with Gasteiger partial charge in [-0.05, 0) is 55.3 Å². The van der Waals surface area contributed by atoms with Crippen molar-refractivity contribution in [2.24, 2.45) is 0 Å². The summed E-state index contributed by atoms with van der Waals surface area (Å²) in [5.41, 5.74) is 2.61. The van der Waals surface area contributed by atoms with Crippen LogP contribution >= 0.6 is 0 Å². The molecule has 1 heterocycles. The van der Waals surface area contributed by atoms with Crippen LogP contribution in [0.2, 0.25) is 0 Å². The Morgan fingerprint density at radius 3 is 2.32 bits per heavy atom. The van der Waals surface area contributed by atoms with Crippen LogP contribution in [0.3, 0.4) is 0 Å².